The molecule has 1 aromatic heterocycles. The lowest BCUT2D eigenvalue weighted by Crippen LogP contribution is -2.12. The Labute approximate surface area is 119 Å². The SMILES string of the molecule is O=C(Oc1ccccc1-n1nccn1)c1ccccc1F. The summed E-state index contributed by atoms with van der Waals surface area (Å²) in [5, 5.41) is 7.97. The number of benzene rings is 2. The van der Waals surface area contributed by atoms with Gasteiger partial charge >= 0.3 is 5.97 Å². The summed E-state index contributed by atoms with van der Waals surface area (Å²) in [6.45, 7) is 0. The summed E-state index contributed by atoms with van der Waals surface area (Å²) in [5.74, 6) is -1.15. The first-order chi connectivity index (χ1) is 10.3. The van der Waals surface area contributed by atoms with E-state index in [1.54, 1.807) is 30.3 Å². The van der Waals surface area contributed by atoms with Crippen molar-refractivity contribution in [1.82, 2.24) is 15.0 Å². The maximum atomic E-state index is 13.6. The number of nitrogens with zero attached hydrogens (tertiary/aromatic N) is 3. The molecule has 0 fully saturated rings. The molecule has 3 rings (SSSR count). The van der Waals surface area contributed by atoms with Crippen LogP contribution in [-0.4, -0.2) is 21.0 Å². The summed E-state index contributed by atoms with van der Waals surface area (Å²) in [5.41, 5.74) is 0.368. The van der Waals surface area contributed by atoms with Gasteiger partial charge in [-0.25, -0.2) is 9.18 Å². The van der Waals surface area contributed by atoms with Crippen LogP contribution in [0.5, 0.6) is 5.75 Å². The minimum absolute atomic E-state index is 0.124. The molecule has 3 aromatic rings. The van der Waals surface area contributed by atoms with Gasteiger partial charge in [0.15, 0.2) is 5.75 Å². The molecule has 0 aliphatic carbocycles. The maximum Gasteiger partial charge on any atom is 0.346 e. The van der Waals surface area contributed by atoms with E-state index in [-0.39, 0.29) is 11.3 Å². The molecule has 0 aliphatic rings. The number of rotatable bonds is 3. The van der Waals surface area contributed by atoms with Gasteiger partial charge in [0.1, 0.15) is 11.5 Å². The van der Waals surface area contributed by atoms with E-state index < -0.39 is 11.8 Å². The Morgan fingerprint density at radius 3 is 2.43 bits per heavy atom. The van der Waals surface area contributed by atoms with E-state index in [1.165, 1.54) is 35.4 Å². The molecular formula is C15H10FN3O2. The monoisotopic (exact) mass is 283 g/mol. The Morgan fingerprint density at radius 1 is 1.00 bits per heavy atom. The van der Waals surface area contributed by atoms with Crippen molar-refractivity contribution in [2.75, 3.05) is 0 Å². The fraction of sp³-hybridized carbons (Fsp3) is 0. The van der Waals surface area contributed by atoms with E-state index in [2.05, 4.69) is 10.2 Å². The van der Waals surface area contributed by atoms with Crippen molar-refractivity contribution in [3.8, 4) is 11.4 Å². The summed E-state index contributed by atoms with van der Waals surface area (Å²) < 4.78 is 18.8. The lowest BCUT2D eigenvalue weighted by molar-refractivity contribution is 0.0729. The van der Waals surface area contributed by atoms with E-state index in [0.717, 1.165) is 0 Å². The van der Waals surface area contributed by atoms with Crippen LogP contribution in [0.4, 0.5) is 4.39 Å². The first kappa shape index (κ1) is 13.0. The van der Waals surface area contributed by atoms with Crippen LogP contribution >= 0.6 is 0 Å². The lowest BCUT2D eigenvalue weighted by atomic mass is 10.2. The first-order valence-electron chi connectivity index (χ1n) is 6.18. The minimum Gasteiger partial charge on any atom is -0.420 e. The second-order valence-corrected chi connectivity index (χ2v) is 4.16. The van der Waals surface area contributed by atoms with Crippen LogP contribution in [0, 0.1) is 5.82 Å². The van der Waals surface area contributed by atoms with Gasteiger partial charge in [0.05, 0.1) is 18.0 Å². The summed E-state index contributed by atoms with van der Waals surface area (Å²) >= 11 is 0. The van der Waals surface area contributed by atoms with Crippen molar-refractivity contribution in [2.45, 2.75) is 0 Å². The molecular weight excluding hydrogens is 273 g/mol. The van der Waals surface area contributed by atoms with Crippen LogP contribution in [0.15, 0.2) is 60.9 Å². The number of esters is 1. The fourth-order valence-electron chi connectivity index (χ4n) is 1.83. The minimum atomic E-state index is -0.771. The smallest absolute Gasteiger partial charge is 0.346 e. The quantitative estimate of drug-likeness (QED) is 0.547. The third kappa shape index (κ3) is 2.64. The first-order valence-corrected chi connectivity index (χ1v) is 6.18. The largest absolute Gasteiger partial charge is 0.420 e. The average molecular weight is 283 g/mol. The number of carbonyl (C=O) groups excluding carboxylic acids is 1. The molecule has 1 heterocycles. The molecule has 2 aromatic carbocycles. The van der Waals surface area contributed by atoms with Gasteiger partial charge < -0.3 is 4.74 Å². The van der Waals surface area contributed by atoms with Gasteiger partial charge in [0, 0.05) is 0 Å². The molecule has 0 bridgehead atoms. The van der Waals surface area contributed by atoms with Crippen molar-refractivity contribution in [3.63, 3.8) is 0 Å². The van der Waals surface area contributed by atoms with Crippen molar-refractivity contribution >= 4 is 5.97 Å². The molecule has 0 spiro atoms. The highest BCUT2D eigenvalue weighted by Gasteiger charge is 2.16. The van der Waals surface area contributed by atoms with Crippen molar-refractivity contribution in [2.24, 2.45) is 0 Å². The highest BCUT2D eigenvalue weighted by atomic mass is 19.1. The van der Waals surface area contributed by atoms with Gasteiger partial charge in [-0.05, 0) is 24.3 Å². The van der Waals surface area contributed by atoms with Gasteiger partial charge in [-0.2, -0.15) is 10.2 Å². The van der Waals surface area contributed by atoms with E-state index in [9.17, 15) is 9.18 Å². The Morgan fingerprint density at radius 2 is 1.67 bits per heavy atom. The van der Waals surface area contributed by atoms with E-state index in [1.807, 2.05) is 0 Å². The maximum absolute atomic E-state index is 13.6. The Balaban J connectivity index is 1.93. The number of aromatic nitrogens is 3. The molecule has 0 aliphatic heterocycles. The van der Waals surface area contributed by atoms with E-state index in [4.69, 9.17) is 4.74 Å². The lowest BCUT2D eigenvalue weighted by Gasteiger charge is -2.09. The summed E-state index contributed by atoms with van der Waals surface area (Å²) in [6, 6.07) is 12.4. The van der Waals surface area contributed by atoms with Gasteiger partial charge in [-0.15, -0.1) is 4.80 Å². The molecule has 104 valence electrons. The number of ether oxygens (including phenoxy) is 1. The van der Waals surface area contributed by atoms with Gasteiger partial charge in [0.2, 0.25) is 0 Å². The molecule has 0 amide bonds. The zero-order valence-electron chi connectivity index (χ0n) is 10.8. The molecule has 0 radical (unpaired) electrons. The normalized spacial score (nSPS) is 10.3. The molecule has 6 heteroatoms. The van der Waals surface area contributed by atoms with E-state index >= 15 is 0 Å². The van der Waals surface area contributed by atoms with Crippen molar-refractivity contribution in [3.05, 3.63) is 72.3 Å². The van der Waals surface area contributed by atoms with Crippen molar-refractivity contribution < 1.29 is 13.9 Å². The predicted molar refractivity (Wildman–Crippen MR) is 72.7 cm³/mol. The standard InChI is InChI=1S/C15H10FN3O2/c16-12-6-2-1-5-11(12)15(20)21-14-8-4-3-7-13(14)19-17-9-10-18-19/h1-10H. The zero-order chi connectivity index (χ0) is 14.7. The predicted octanol–water partition coefficient (Wildman–Crippen LogP) is 2.63. The van der Waals surface area contributed by atoms with Gasteiger partial charge in [-0.3, -0.25) is 0 Å². The number of halogens is 1. The van der Waals surface area contributed by atoms with Crippen LogP contribution < -0.4 is 4.74 Å². The molecule has 0 saturated carbocycles. The van der Waals surface area contributed by atoms with Crippen LogP contribution in [0.3, 0.4) is 0 Å². The Bertz CT molecular complexity index is 772. The molecule has 0 atom stereocenters. The molecule has 0 N–H and O–H groups in total. The summed E-state index contributed by atoms with van der Waals surface area (Å²) in [6.07, 6.45) is 3.02. The molecule has 21 heavy (non-hydrogen) atoms. The molecule has 5 nitrogen and oxygen atoms in total. The Kier molecular flexibility index (Phi) is 3.42. The third-order valence-electron chi connectivity index (χ3n) is 2.80. The fourth-order valence-corrected chi connectivity index (χ4v) is 1.83. The number of hydrogen-bond acceptors (Lipinski definition) is 4. The topological polar surface area (TPSA) is 57.0 Å². The van der Waals surface area contributed by atoms with Gasteiger partial charge in [-0.1, -0.05) is 24.3 Å². The van der Waals surface area contributed by atoms with Crippen LogP contribution in [0.25, 0.3) is 5.69 Å². The molecule has 0 unspecified atom stereocenters. The highest BCUT2D eigenvalue weighted by Crippen LogP contribution is 2.22. The van der Waals surface area contributed by atoms with E-state index in [0.29, 0.717) is 5.69 Å². The number of para-hydroxylation sites is 2. The average Bonchev–Trinajstić information content (AvgIpc) is 3.02. The summed E-state index contributed by atoms with van der Waals surface area (Å²) in [4.78, 5) is 13.4. The summed E-state index contributed by atoms with van der Waals surface area (Å²) in [7, 11) is 0. The van der Waals surface area contributed by atoms with Crippen LogP contribution in [0.2, 0.25) is 0 Å². The second kappa shape index (κ2) is 5.54. The highest BCUT2D eigenvalue weighted by molar-refractivity contribution is 5.91. The van der Waals surface area contributed by atoms with Crippen molar-refractivity contribution in [1.29, 1.82) is 0 Å². The molecule has 0 saturated heterocycles. The van der Waals surface area contributed by atoms with Crippen LogP contribution in [0.1, 0.15) is 10.4 Å². The second-order valence-electron chi connectivity index (χ2n) is 4.16. The van der Waals surface area contributed by atoms with Crippen LogP contribution in [-0.2, 0) is 0 Å². The zero-order valence-corrected chi connectivity index (χ0v) is 10.8. The number of carbonyl (C=O) groups is 1. The Hall–Kier alpha value is -3.02. The third-order valence-corrected chi connectivity index (χ3v) is 2.80. The number of hydrogen-bond donors (Lipinski definition) is 0. The van der Waals surface area contributed by atoms with Gasteiger partial charge in [0.25, 0.3) is 0 Å².